The highest BCUT2D eigenvalue weighted by atomic mass is 16.5. The van der Waals surface area contributed by atoms with Gasteiger partial charge in [0.05, 0.1) is 0 Å². The predicted octanol–water partition coefficient (Wildman–Crippen LogP) is 3.48. The second kappa shape index (κ2) is 8.81. The van der Waals surface area contributed by atoms with E-state index in [0.29, 0.717) is 12.2 Å². The van der Waals surface area contributed by atoms with Crippen molar-refractivity contribution in [2.45, 2.75) is 57.0 Å². The summed E-state index contributed by atoms with van der Waals surface area (Å²) in [4.78, 5) is 15.3. The lowest BCUT2D eigenvalue weighted by Crippen LogP contribution is -2.46. The number of aliphatic hydroxyl groups is 1. The number of hydrogen-bond donors (Lipinski definition) is 1. The molecule has 1 saturated heterocycles. The van der Waals surface area contributed by atoms with Gasteiger partial charge < -0.3 is 9.84 Å². The highest BCUT2D eigenvalue weighted by Gasteiger charge is 2.47. The van der Waals surface area contributed by atoms with Gasteiger partial charge in [0, 0.05) is 12.5 Å². The zero-order chi connectivity index (χ0) is 17.5. The molecule has 4 heteroatoms. The number of hydrogen-bond acceptors (Lipinski definition) is 4. The molecule has 1 atom stereocenters. The van der Waals surface area contributed by atoms with Crippen LogP contribution in [0.1, 0.15) is 56.9 Å². The SMILES string of the molecule is O=C(OCCN1CCCCC1)[C@](O)(c1ccccc1)C1CCCCC1. The molecule has 138 valence electrons. The normalized spacial score (nSPS) is 22.3. The van der Waals surface area contributed by atoms with Gasteiger partial charge in [0.1, 0.15) is 6.61 Å². The average Bonchev–Trinajstić information content (AvgIpc) is 2.69. The summed E-state index contributed by atoms with van der Waals surface area (Å²) in [6.45, 7) is 3.30. The molecule has 4 nitrogen and oxygen atoms in total. The molecule has 25 heavy (non-hydrogen) atoms. The topological polar surface area (TPSA) is 49.8 Å². The second-order valence-electron chi connectivity index (χ2n) is 7.51. The van der Waals surface area contributed by atoms with Crippen molar-refractivity contribution in [3.8, 4) is 0 Å². The van der Waals surface area contributed by atoms with Crippen molar-refractivity contribution in [3.05, 3.63) is 35.9 Å². The highest BCUT2D eigenvalue weighted by Crippen LogP contribution is 2.40. The lowest BCUT2D eigenvalue weighted by atomic mass is 9.73. The first-order chi connectivity index (χ1) is 12.2. The summed E-state index contributed by atoms with van der Waals surface area (Å²) in [5.74, 6) is -0.520. The van der Waals surface area contributed by atoms with Crippen molar-refractivity contribution in [1.82, 2.24) is 4.90 Å². The van der Waals surface area contributed by atoms with Crippen LogP contribution in [-0.4, -0.2) is 42.2 Å². The molecule has 0 unspecified atom stereocenters. The molecule has 0 amide bonds. The Labute approximate surface area is 151 Å². The Morgan fingerprint density at radius 2 is 1.68 bits per heavy atom. The van der Waals surface area contributed by atoms with E-state index in [0.717, 1.165) is 45.3 Å². The van der Waals surface area contributed by atoms with Crippen molar-refractivity contribution in [1.29, 1.82) is 0 Å². The summed E-state index contributed by atoms with van der Waals surface area (Å²) in [6.07, 6.45) is 8.84. The summed E-state index contributed by atoms with van der Waals surface area (Å²) in [6, 6.07) is 9.36. The number of ether oxygens (including phenoxy) is 1. The smallest absolute Gasteiger partial charge is 0.343 e. The average molecular weight is 345 g/mol. The van der Waals surface area contributed by atoms with Gasteiger partial charge in [-0.3, -0.25) is 4.90 Å². The largest absolute Gasteiger partial charge is 0.462 e. The number of likely N-dealkylation sites (tertiary alicyclic amines) is 1. The first-order valence-corrected chi connectivity index (χ1v) is 9.89. The number of rotatable bonds is 6. The van der Waals surface area contributed by atoms with Crippen LogP contribution in [-0.2, 0) is 15.1 Å². The molecule has 1 heterocycles. The highest BCUT2D eigenvalue weighted by molar-refractivity contribution is 5.81. The van der Waals surface area contributed by atoms with E-state index >= 15 is 0 Å². The van der Waals surface area contributed by atoms with Gasteiger partial charge >= 0.3 is 5.97 Å². The fraction of sp³-hybridized carbons (Fsp3) is 0.667. The predicted molar refractivity (Wildman–Crippen MR) is 98.2 cm³/mol. The number of carbonyl (C=O) groups is 1. The number of carbonyl (C=O) groups excluding carboxylic acids is 1. The Bertz CT molecular complexity index is 535. The van der Waals surface area contributed by atoms with Crippen LogP contribution in [0.15, 0.2) is 30.3 Å². The van der Waals surface area contributed by atoms with Crippen molar-refractivity contribution in [2.24, 2.45) is 5.92 Å². The van der Waals surface area contributed by atoms with Crippen LogP contribution in [0.5, 0.6) is 0 Å². The maximum atomic E-state index is 12.9. The molecule has 1 aliphatic carbocycles. The lowest BCUT2D eigenvalue weighted by molar-refractivity contribution is -0.176. The standard InChI is InChI=1S/C21H31NO3/c23-20(25-17-16-22-14-8-3-9-15-22)21(24,18-10-4-1-5-11-18)19-12-6-2-7-13-19/h1,4-5,10-11,19,24H,2-3,6-9,12-17H2/t21-/m0/s1. The van der Waals surface area contributed by atoms with E-state index in [4.69, 9.17) is 4.74 Å². The molecule has 1 aromatic rings. The van der Waals surface area contributed by atoms with Gasteiger partial charge in [-0.05, 0) is 44.3 Å². The number of piperidine rings is 1. The molecule has 1 saturated carbocycles. The van der Waals surface area contributed by atoms with Gasteiger partial charge in [0.2, 0.25) is 0 Å². The first-order valence-electron chi connectivity index (χ1n) is 9.89. The van der Waals surface area contributed by atoms with E-state index in [1.807, 2.05) is 30.3 Å². The monoisotopic (exact) mass is 345 g/mol. The molecule has 2 fully saturated rings. The van der Waals surface area contributed by atoms with Gasteiger partial charge in [0.25, 0.3) is 0 Å². The van der Waals surface area contributed by atoms with E-state index in [9.17, 15) is 9.90 Å². The molecule has 0 spiro atoms. The number of esters is 1. The molecular formula is C21H31NO3. The van der Waals surface area contributed by atoms with Crippen LogP contribution in [0.2, 0.25) is 0 Å². The zero-order valence-electron chi connectivity index (χ0n) is 15.2. The van der Waals surface area contributed by atoms with Crippen LogP contribution in [0.25, 0.3) is 0 Å². The minimum absolute atomic E-state index is 0.0499. The molecule has 0 bridgehead atoms. The van der Waals surface area contributed by atoms with Crippen molar-refractivity contribution < 1.29 is 14.6 Å². The quantitative estimate of drug-likeness (QED) is 0.802. The Morgan fingerprint density at radius 1 is 1.04 bits per heavy atom. The Morgan fingerprint density at radius 3 is 2.36 bits per heavy atom. The zero-order valence-corrected chi connectivity index (χ0v) is 15.2. The van der Waals surface area contributed by atoms with E-state index in [-0.39, 0.29) is 5.92 Å². The van der Waals surface area contributed by atoms with E-state index < -0.39 is 11.6 Å². The van der Waals surface area contributed by atoms with E-state index in [1.165, 1.54) is 25.7 Å². The van der Waals surface area contributed by atoms with Crippen LogP contribution in [0.3, 0.4) is 0 Å². The summed E-state index contributed by atoms with van der Waals surface area (Å²) in [7, 11) is 0. The van der Waals surface area contributed by atoms with Crippen LogP contribution < -0.4 is 0 Å². The Balaban J connectivity index is 1.66. The summed E-state index contributed by atoms with van der Waals surface area (Å²) < 4.78 is 5.59. The third-order valence-corrected chi connectivity index (χ3v) is 5.81. The summed E-state index contributed by atoms with van der Waals surface area (Å²) in [5.41, 5.74) is -0.839. The minimum atomic E-state index is -1.51. The molecule has 0 aromatic heterocycles. The molecule has 2 aliphatic rings. The third-order valence-electron chi connectivity index (χ3n) is 5.81. The molecule has 1 aliphatic heterocycles. The Hall–Kier alpha value is -1.39. The van der Waals surface area contributed by atoms with Crippen LogP contribution >= 0.6 is 0 Å². The minimum Gasteiger partial charge on any atom is -0.462 e. The molecule has 1 aromatic carbocycles. The first kappa shape index (κ1) is 18.4. The van der Waals surface area contributed by atoms with Crippen LogP contribution in [0, 0.1) is 5.92 Å². The van der Waals surface area contributed by atoms with E-state index in [2.05, 4.69) is 4.90 Å². The fourth-order valence-corrected chi connectivity index (χ4v) is 4.29. The lowest BCUT2D eigenvalue weighted by Gasteiger charge is -2.37. The van der Waals surface area contributed by atoms with Gasteiger partial charge in [-0.15, -0.1) is 0 Å². The fourth-order valence-electron chi connectivity index (χ4n) is 4.29. The van der Waals surface area contributed by atoms with E-state index in [1.54, 1.807) is 0 Å². The van der Waals surface area contributed by atoms with Gasteiger partial charge in [-0.1, -0.05) is 56.0 Å². The molecule has 0 radical (unpaired) electrons. The third kappa shape index (κ3) is 4.42. The molecule has 3 rings (SSSR count). The second-order valence-corrected chi connectivity index (χ2v) is 7.51. The maximum Gasteiger partial charge on any atom is 0.343 e. The molecular weight excluding hydrogens is 314 g/mol. The number of nitrogens with zero attached hydrogens (tertiary/aromatic N) is 1. The molecule has 1 N–H and O–H groups in total. The van der Waals surface area contributed by atoms with Crippen molar-refractivity contribution in [3.63, 3.8) is 0 Å². The van der Waals surface area contributed by atoms with Gasteiger partial charge in [-0.2, -0.15) is 0 Å². The van der Waals surface area contributed by atoms with Crippen LogP contribution in [0.4, 0.5) is 0 Å². The Kier molecular flexibility index (Phi) is 6.49. The summed E-state index contributed by atoms with van der Waals surface area (Å²) in [5, 5.41) is 11.4. The summed E-state index contributed by atoms with van der Waals surface area (Å²) >= 11 is 0. The number of benzene rings is 1. The van der Waals surface area contributed by atoms with Gasteiger partial charge in [0.15, 0.2) is 5.60 Å². The maximum absolute atomic E-state index is 12.9. The van der Waals surface area contributed by atoms with Crippen molar-refractivity contribution in [2.75, 3.05) is 26.2 Å². The van der Waals surface area contributed by atoms with Crippen molar-refractivity contribution >= 4 is 5.97 Å². The van der Waals surface area contributed by atoms with Gasteiger partial charge in [-0.25, -0.2) is 4.79 Å².